The molecule has 6 rings (SSSR count). The largest absolute Gasteiger partial charge is 0.484 e. The minimum atomic E-state index is -0.434. The van der Waals surface area contributed by atoms with E-state index in [1.54, 1.807) is 24.3 Å². The lowest BCUT2D eigenvalue weighted by Crippen LogP contribution is -2.44. The molecular formula is C38H39ClN2O4. The quantitative estimate of drug-likeness (QED) is 0.287. The number of hydrogen-bond donors (Lipinski definition) is 1. The average molecular weight is 623 g/mol. The Balaban J connectivity index is 1.34. The van der Waals surface area contributed by atoms with Crippen molar-refractivity contribution in [2.45, 2.75) is 65.8 Å². The van der Waals surface area contributed by atoms with Crippen LogP contribution in [0.4, 0.5) is 5.69 Å². The summed E-state index contributed by atoms with van der Waals surface area (Å²) in [5, 5.41) is 3.39. The minimum Gasteiger partial charge on any atom is -0.484 e. The van der Waals surface area contributed by atoms with Crippen molar-refractivity contribution in [3.05, 3.63) is 118 Å². The molecule has 1 heterocycles. The lowest BCUT2D eigenvalue weighted by atomic mass is 9.63. The Kier molecular flexibility index (Phi) is 8.21. The van der Waals surface area contributed by atoms with E-state index >= 15 is 0 Å². The summed E-state index contributed by atoms with van der Waals surface area (Å²) in [6.07, 6.45) is 2.39. The maximum atomic E-state index is 14.1. The second kappa shape index (κ2) is 12.0. The van der Waals surface area contributed by atoms with Gasteiger partial charge in [-0.1, -0.05) is 81.8 Å². The third kappa shape index (κ3) is 6.62. The smallest absolute Gasteiger partial charge is 0.262 e. The van der Waals surface area contributed by atoms with Crippen LogP contribution in [-0.2, 0) is 20.9 Å². The Bertz CT molecular complexity index is 1650. The van der Waals surface area contributed by atoms with Crippen LogP contribution in [0.15, 0.2) is 101 Å². The maximum Gasteiger partial charge on any atom is 0.262 e. The van der Waals surface area contributed by atoms with Gasteiger partial charge in [0.05, 0.1) is 0 Å². The van der Waals surface area contributed by atoms with Gasteiger partial charge in [0.15, 0.2) is 18.2 Å². The number of ether oxygens (including phenoxy) is 1. The molecule has 1 amide bonds. The summed E-state index contributed by atoms with van der Waals surface area (Å²) < 4.78 is 5.80. The normalized spacial score (nSPS) is 19.3. The summed E-state index contributed by atoms with van der Waals surface area (Å²) in [5.41, 5.74) is 5.84. The summed E-state index contributed by atoms with van der Waals surface area (Å²) in [5.74, 6) is 0.0154. The van der Waals surface area contributed by atoms with E-state index in [-0.39, 0.29) is 34.9 Å². The Morgan fingerprint density at radius 3 is 1.91 bits per heavy atom. The first-order valence-electron chi connectivity index (χ1n) is 15.5. The van der Waals surface area contributed by atoms with Crippen molar-refractivity contribution in [2.75, 3.05) is 11.9 Å². The number of amides is 1. The van der Waals surface area contributed by atoms with E-state index in [0.29, 0.717) is 35.8 Å². The molecule has 0 saturated carbocycles. The number of anilines is 1. The second-order valence-corrected chi connectivity index (χ2v) is 14.5. The highest BCUT2D eigenvalue weighted by atomic mass is 35.5. The Labute approximate surface area is 270 Å². The predicted molar refractivity (Wildman–Crippen MR) is 177 cm³/mol. The summed E-state index contributed by atoms with van der Waals surface area (Å²) in [4.78, 5) is 42.9. The van der Waals surface area contributed by atoms with E-state index < -0.39 is 5.92 Å². The number of hydrogen-bond acceptors (Lipinski definition) is 5. The fraction of sp³-hybridized carbons (Fsp3) is 0.342. The second-order valence-electron chi connectivity index (χ2n) is 14.0. The van der Waals surface area contributed by atoms with Gasteiger partial charge in [-0.25, -0.2) is 0 Å². The monoisotopic (exact) mass is 622 g/mol. The molecule has 45 heavy (non-hydrogen) atoms. The molecule has 6 nitrogen and oxygen atoms in total. The maximum absolute atomic E-state index is 14.1. The number of carbonyl (C=O) groups excluding carboxylic acids is 3. The van der Waals surface area contributed by atoms with Crippen LogP contribution in [0.25, 0.3) is 0 Å². The van der Waals surface area contributed by atoms with Gasteiger partial charge in [0, 0.05) is 58.6 Å². The fourth-order valence-corrected chi connectivity index (χ4v) is 7.10. The van der Waals surface area contributed by atoms with Crippen LogP contribution < -0.4 is 10.1 Å². The number of rotatable bonds is 7. The van der Waals surface area contributed by atoms with E-state index in [1.165, 1.54) is 0 Å². The molecule has 7 heteroatoms. The number of ketones is 2. The number of nitrogens with one attached hydrogen (secondary N) is 1. The molecule has 1 aliphatic heterocycles. The van der Waals surface area contributed by atoms with Crippen molar-refractivity contribution in [3.8, 4) is 5.75 Å². The molecule has 0 spiro atoms. The number of halogens is 1. The van der Waals surface area contributed by atoms with Crippen molar-refractivity contribution >= 4 is 34.8 Å². The van der Waals surface area contributed by atoms with Crippen molar-refractivity contribution in [1.29, 1.82) is 0 Å². The summed E-state index contributed by atoms with van der Waals surface area (Å²) in [6.45, 7) is 9.06. The molecule has 0 atom stereocenters. The standard InChI is InChI=1S/C38H39ClN2O4/c1-37(2)18-29-35(31(42)20-37)34(25-10-16-28(17-11-25)45-23-33(44)40-27-14-12-26(39)13-15-27)36-30(19-38(3,4)21-32(36)43)41(29)22-24-8-6-5-7-9-24/h5-17,34H,18-23H2,1-4H3,(H,40,44). The van der Waals surface area contributed by atoms with Crippen LogP contribution in [0, 0.1) is 10.8 Å². The van der Waals surface area contributed by atoms with E-state index in [0.717, 1.165) is 46.5 Å². The molecule has 0 fully saturated rings. The lowest BCUT2D eigenvalue weighted by Gasteiger charge is -2.49. The zero-order chi connectivity index (χ0) is 31.9. The lowest BCUT2D eigenvalue weighted by molar-refractivity contribution is -0.120. The predicted octanol–water partition coefficient (Wildman–Crippen LogP) is 8.24. The Hall–Kier alpha value is -4.16. The molecular weight excluding hydrogens is 584 g/mol. The molecule has 0 bridgehead atoms. The molecule has 0 saturated heterocycles. The van der Waals surface area contributed by atoms with Crippen molar-refractivity contribution in [2.24, 2.45) is 10.8 Å². The first-order valence-corrected chi connectivity index (χ1v) is 15.9. The molecule has 3 aromatic rings. The fourth-order valence-electron chi connectivity index (χ4n) is 6.97. The molecule has 3 aliphatic rings. The van der Waals surface area contributed by atoms with Gasteiger partial charge >= 0.3 is 0 Å². The first-order chi connectivity index (χ1) is 21.4. The van der Waals surface area contributed by atoms with Crippen LogP contribution in [0.1, 0.15) is 70.4 Å². The third-order valence-corrected chi connectivity index (χ3v) is 9.17. The molecule has 0 unspecified atom stereocenters. The molecule has 2 aliphatic carbocycles. The summed E-state index contributed by atoms with van der Waals surface area (Å²) >= 11 is 5.93. The van der Waals surface area contributed by atoms with Gasteiger partial charge in [-0.2, -0.15) is 0 Å². The number of carbonyl (C=O) groups is 3. The molecule has 232 valence electrons. The average Bonchev–Trinajstić information content (AvgIpc) is 2.97. The highest BCUT2D eigenvalue weighted by Gasteiger charge is 2.48. The Morgan fingerprint density at radius 2 is 1.36 bits per heavy atom. The first kappa shape index (κ1) is 30.8. The number of nitrogens with zero attached hydrogens (tertiary/aromatic N) is 1. The molecule has 3 aromatic carbocycles. The number of Topliss-reactive ketones (excluding diaryl/α,β-unsaturated/α-hetero) is 2. The van der Waals surface area contributed by atoms with Gasteiger partial charge in [0.2, 0.25) is 0 Å². The van der Waals surface area contributed by atoms with Crippen LogP contribution >= 0.6 is 11.6 Å². The minimum absolute atomic E-state index is 0.104. The molecule has 1 N–H and O–H groups in total. The van der Waals surface area contributed by atoms with E-state index in [2.05, 4.69) is 50.0 Å². The van der Waals surface area contributed by atoms with Gasteiger partial charge in [-0.3, -0.25) is 14.4 Å². The van der Waals surface area contributed by atoms with Crippen molar-refractivity contribution in [1.82, 2.24) is 4.90 Å². The van der Waals surface area contributed by atoms with Gasteiger partial charge < -0.3 is 15.0 Å². The van der Waals surface area contributed by atoms with Crippen LogP contribution in [0.2, 0.25) is 5.02 Å². The highest BCUT2D eigenvalue weighted by molar-refractivity contribution is 6.30. The van der Waals surface area contributed by atoms with Gasteiger partial charge in [-0.05, 0) is 71.2 Å². The molecule has 0 radical (unpaired) electrons. The number of benzene rings is 3. The van der Waals surface area contributed by atoms with Gasteiger partial charge in [-0.15, -0.1) is 0 Å². The highest BCUT2D eigenvalue weighted by Crippen LogP contribution is 2.54. The van der Waals surface area contributed by atoms with E-state index in [1.807, 2.05) is 42.5 Å². The summed E-state index contributed by atoms with van der Waals surface area (Å²) in [7, 11) is 0. The summed E-state index contributed by atoms with van der Waals surface area (Å²) in [6, 6.07) is 24.6. The van der Waals surface area contributed by atoms with E-state index in [9.17, 15) is 14.4 Å². The topological polar surface area (TPSA) is 75.7 Å². The van der Waals surface area contributed by atoms with Crippen molar-refractivity contribution < 1.29 is 19.1 Å². The van der Waals surface area contributed by atoms with Crippen molar-refractivity contribution in [3.63, 3.8) is 0 Å². The zero-order valence-electron chi connectivity index (χ0n) is 26.3. The molecule has 0 aromatic heterocycles. The van der Waals surface area contributed by atoms with Gasteiger partial charge in [0.25, 0.3) is 5.91 Å². The SMILES string of the molecule is CC1(C)CC(=O)C2=C(C1)N(Cc1ccccc1)C1=C(C(=O)CC(C)(C)C1)C2c1ccc(OCC(=O)Nc2ccc(Cl)cc2)cc1. The third-order valence-electron chi connectivity index (χ3n) is 8.92. The van der Waals surface area contributed by atoms with Crippen LogP contribution in [0.5, 0.6) is 5.75 Å². The van der Waals surface area contributed by atoms with Crippen LogP contribution in [-0.4, -0.2) is 29.0 Å². The van der Waals surface area contributed by atoms with Gasteiger partial charge in [0.1, 0.15) is 5.75 Å². The van der Waals surface area contributed by atoms with E-state index in [4.69, 9.17) is 16.3 Å². The zero-order valence-corrected chi connectivity index (χ0v) is 27.0. The number of allylic oxidation sites excluding steroid dienone is 4. The Morgan fingerprint density at radius 1 is 0.800 bits per heavy atom. The van der Waals surface area contributed by atoms with Crippen LogP contribution in [0.3, 0.4) is 0 Å².